The van der Waals surface area contributed by atoms with Gasteiger partial charge >= 0.3 is 0 Å². The molecule has 1 heterocycles. The summed E-state index contributed by atoms with van der Waals surface area (Å²) in [5.41, 5.74) is 2.88. The highest BCUT2D eigenvalue weighted by Crippen LogP contribution is 2.27. The zero-order chi connectivity index (χ0) is 22.6. The third-order valence-electron chi connectivity index (χ3n) is 4.93. The Balaban J connectivity index is 1.82. The van der Waals surface area contributed by atoms with Crippen molar-refractivity contribution in [3.63, 3.8) is 0 Å². The first-order valence-electron chi connectivity index (χ1n) is 9.41. The van der Waals surface area contributed by atoms with Crippen molar-refractivity contribution in [2.75, 3.05) is 13.7 Å². The Morgan fingerprint density at radius 2 is 1.71 bits per heavy atom. The standard InChI is InChI=1S/C20H24N2O8S/c1-29-14-7-9-15(10-8-14)31(27,28)22-11-16(23)18(24)19(25)17(22)20(26)21-30-12-13-5-3-2-4-6-13/h2-10,16-19,23-25H,11-12H2,1H3,(H,21,26)/t16-,17+,18+,19+/m0/s1. The fraction of sp³-hybridized carbons (Fsp3) is 0.350. The van der Waals surface area contributed by atoms with Gasteiger partial charge in [0.15, 0.2) is 0 Å². The average Bonchev–Trinajstić information content (AvgIpc) is 2.77. The number of rotatable bonds is 7. The molecule has 31 heavy (non-hydrogen) atoms. The van der Waals surface area contributed by atoms with Crippen molar-refractivity contribution >= 4 is 15.9 Å². The monoisotopic (exact) mass is 452 g/mol. The lowest BCUT2D eigenvalue weighted by atomic mass is 9.95. The Hall–Kier alpha value is -2.54. The maximum Gasteiger partial charge on any atom is 0.264 e. The van der Waals surface area contributed by atoms with Crippen LogP contribution < -0.4 is 10.2 Å². The van der Waals surface area contributed by atoms with E-state index in [1.54, 1.807) is 24.3 Å². The molecule has 4 atom stereocenters. The number of piperidine rings is 1. The van der Waals surface area contributed by atoms with Crippen LogP contribution in [0.4, 0.5) is 0 Å². The van der Waals surface area contributed by atoms with Crippen LogP contribution in [-0.2, 0) is 26.3 Å². The SMILES string of the molecule is COc1ccc(S(=O)(=O)N2C[C@H](O)[C@@H](O)[C@H](O)[C@@H]2C(=O)NOCc2ccccc2)cc1. The number of benzene rings is 2. The van der Waals surface area contributed by atoms with Gasteiger partial charge in [0.1, 0.15) is 24.0 Å². The fourth-order valence-electron chi connectivity index (χ4n) is 3.23. The first-order chi connectivity index (χ1) is 14.8. The summed E-state index contributed by atoms with van der Waals surface area (Å²) >= 11 is 0. The van der Waals surface area contributed by atoms with Crippen molar-refractivity contribution in [2.24, 2.45) is 0 Å². The highest BCUT2D eigenvalue weighted by atomic mass is 32.2. The Labute approximate surface area is 179 Å². The lowest BCUT2D eigenvalue weighted by molar-refractivity contribution is -0.158. The lowest BCUT2D eigenvalue weighted by Gasteiger charge is -2.41. The van der Waals surface area contributed by atoms with E-state index in [-0.39, 0.29) is 11.5 Å². The van der Waals surface area contributed by atoms with E-state index in [2.05, 4.69) is 5.48 Å². The van der Waals surface area contributed by atoms with E-state index in [1.165, 1.54) is 31.4 Å². The molecule has 1 amide bonds. The molecule has 2 aromatic rings. The van der Waals surface area contributed by atoms with Crippen LogP contribution >= 0.6 is 0 Å². The highest BCUT2D eigenvalue weighted by Gasteiger charge is 2.50. The van der Waals surface area contributed by atoms with Gasteiger partial charge in [0.2, 0.25) is 10.0 Å². The summed E-state index contributed by atoms with van der Waals surface area (Å²) in [4.78, 5) is 17.7. The number of carbonyl (C=O) groups excluding carboxylic acids is 1. The van der Waals surface area contributed by atoms with Gasteiger partial charge in [0, 0.05) is 6.54 Å². The summed E-state index contributed by atoms with van der Waals surface area (Å²) in [6.07, 6.45) is -5.18. The number of β-amino-alcohol motifs (C(OH)–C–C–N with tert-alkyl or cyclic N) is 1. The third kappa shape index (κ3) is 5.03. The summed E-state index contributed by atoms with van der Waals surface area (Å²) < 4.78 is 32.0. The molecule has 4 N–H and O–H groups in total. The number of hydrogen-bond acceptors (Lipinski definition) is 8. The minimum absolute atomic E-state index is 0.00576. The molecular formula is C20H24N2O8S. The second-order valence-electron chi connectivity index (χ2n) is 6.98. The summed E-state index contributed by atoms with van der Waals surface area (Å²) in [6.45, 7) is -0.588. The molecule has 1 fully saturated rings. The normalized spacial score (nSPS) is 24.5. The number of methoxy groups -OCH3 is 1. The maximum atomic E-state index is 13.2. The summed E-state index contributed by atoms with van der Waals surface area (Å²) in [5, 5.41) is 30.5. The molecule has 0 saturated carbocycles. The van der Waals surface area contributed by atoms with Gasteiger partial charge in [0.05, 0.1) is 24.7 Å². The van der Waals surface area contributed by atoms with E-state index in [1.807, 2.05) is 6.07 Å². The van der Waals surface area contributed by atoms with Crippen molar-refractivity contribution in [2.45, 2.75) is 35.9 Å². The zero-order valence-electron chi connectivity index (χ0n) is 16.7. The number of aliphatic hydroxyl groups excluding tert-OH is 3. The van der Waals surface area contributed by atoms with Gasteiger partial charge in [-0.2, -0.15) is 4.31 Å². The number of hydroxylamine groups is 1. The van der Waals surface area contributed by atoms with Crippen LogP contribution in [0.25, 0.3) is 0 Å². The molecule has 0 bridgehead atoms. The maximum absolute atomic E-state index is 13.2. The fourth-order valence-corrected chi connectivity index (χ4v) is 4.85. The number of amides is 1. The quantitative estimate of drug-likeness (QED) is 0.408. The topological polar surface area (TPSA) is 146 Å². The summed E-state index contributed by atoms with van der Waals surface area (Å²) in [6, 6.07) is 12.6. The van der Waals surface area contributed by atoms with Crippen LogP contribution in [-0.4, -0.2) is 72.0 Å². The molecule has 3 rings (SSSR count). The number of sulfonamides is 1. The smallest absolute Gasteiger partial charge is 0.264 e. The molecule has 2 aromatic carbocycles. The molecule has 1 aliphatic heterocycles. The molecule has 1 saturated heterocycles. The van der Waals surface area contributed by atoms with Crippen molar-refractivity contribution in [1.29, 1.82) is 0 Å². The third-order valence-corrected chi connectivity index (χ3v) is 6.80. The summed E-state index contributed by atoms with van der Waals surface area (Å²) in [7, 11) is -2.89. The first-order valence-corrected chi connectivity index (χ1v) is 10.9. The van der Waals surface area contributed by atoms with Crippen molar-refractivity contribution < 1.29 is 38.1 Å². The second-order valence-corrected chi connectivity index (χ2v) is 8.87. The molecule has 168 valence electrons. The van der Waals surface area contributed by atoms with E-state index in [0.717, 1.165) is 5.56 Å². The van der Waals surface area contributed by atoms with Gasteiger partial charge < -0.3 is 20.1 Å². The van der Waals surface area contributed by atoms with Gasteiger partial charge in [-0.25, -0.2) is 13.9 Å². The van der Waals surface area contributed by atoms with E-state index in [0.29, 0.717) is 10.1 Å². The number of carbonyl (C=O) groups is 1. The Kier molecular flexibility index (Phi) is 7.26. The number of nitrogens with zero attached hydrogens (tertiary/aromatic N) is 1. The Morgan fingerprint density at radius 3 is 2.32 bits per heavy atom. The van der Waals surface area contributed by atoms with Gasteiger partial charge in [-0.3, -0.25) is 9.63 Å². The predicted molar refractivity (Wildman–Crippen MR) is 108 cm³/mol. The molecule has 0 aromatic heterocycles. The molecule has 0 unspecified atom stereocenters. The van der Waals surface area contributed by atoms with Crippen LogP contribution in [0, 0.1) is 0 Å². The van der Waals surface area contributed by atoms with Crippen molar-refractivity contribution in [1.82, 2.24) is 9.79 Å². The van der Waals surface area contributed by atoms with Crippen LogP contribution in [0.1, 0.15) is 5.56 Å². The molecule has 1 aliphatic rings. The van der Waals surface area contributed by atoms with Gasteiger partial charge in [0.25, 0.3) is 5.91 Å². The first kappa shape index (κ1) is 23.1. The number of hydrogen-bond donors (Lipinski definition) is 4. The predicted octanol–water partition coefficient (Wildman–Crippen LogP) is -0.601. The lowest BCUT2D eigenvalue weighted by Crippen LogP contribution is -2.66. The Bertz CT molecular complexity index is 984. The Morgan fingerprint density at radius 1 is 1.06 bits per heavy atom. The van der Waals surface area contributed by atoms with Crippen molar-refractivity contribution in [3.05, 3.63) is 60.2 Å². The van der Waals surface area contributed by atoms with Crippen LogP contribution in [0.15, 0.2) is 59.5 Å². The molecule has 10 nitrogen and oxygen atoms in total. The second kappa shape index (κ2) is 9.73. The van der Waals surface area contributed by atoms with Gasteiger partial charge in [-0.15, -0.1) is 0 Å². The minimum atomic E-state index is -4.32. The van der Waals surface area contributed by atoms with Crippen LogP contribution in [0.5, 0.6) is 5.75 Å². The van der Waals surface area contributed by atoms with Crippen LogP contribution in [0.3, 0.4) is 0 Å². The zero-order valence-corrected chi connectivity index (χ0v) is 17.5. The van der Waals surface area contributed by atoms with Crippen LogP contribution in [0.2, 0.25) is 0 Å². The minimum Gasteiger partial charge on any atom is -0.497 e. The number of nitrogens with one attached hydrogen (secondary N) is 1. The van der Waals surface area contributed by atoms with E-state index in [4.69, 9.17) is 9.57 Å². The van der Waals surface area contributed by atoms with E-state index >= 15 is 0 Å². The molecule has 0 aliphatic carbocycles. The average molecular weight is 452 g/mol. The largest absolute Gasteiger partial charge is 0.497 e. The number of ether oxygens (including phenoxy) is 1. The van der Waals surface area contributed by atoms with Gasteiger partial charge in [-0.05, 0) is 29.8 Å². The van der Waals surface area contributed by atoms with E-state index < -0.39 is 46.8 Å². The van der Waals surface area contributed by atoms with E-state index in [9.17, 15) is 28.5 Å². The summed E-state index contributed by atoms with van der Waals surface area (Å²) in [5.74, 6) is -0.553. The molecular weight excluding hydrogens is 428 g/mol. The molecule has 0 radical (unpaired) electrons. The number of aliphatic hydroxyl groups is 3. The molecule has 11 heteroatoms. The van der Waals surface area contributed by atoms with Gasteiger partial charge in [-0.1, -0.05) is 30.3 Å². The highest BCUT2D eigenvalue weighted by molar-refractivity contribution is 7.89. The van der Waals surface area contributed by atoms with Crippen molar-refractivity contribution in [3.8, 4) is 5.75 Å². The molecule has 0 spiro atoms.